The Morgan fingerprint density at radius 1 is 1.58 bits per heavy atom. The van der Waals surface area contributed by atoms with Crippen molar-refractivity contribution in [1.82, 2.24) is 9.88 Å². The molecule has 19 heavy (non-hydrogen) atoms. The zero-order valence-electron chi connectivity index (χ0n) is 10.9. The highest BCUT2D eigenvalue weighted by Crippen LogP contribution is 2.65. The first-order valence-electron chi connectivity index (χ1n) is 6.16. The Morgan fingerprint density at radius 3 is 3.05 bits per heavy atom. The predicted molar refractivity (Wildman–Crippen MR) is 92.7 cm³/mol. The maximum atomic E-state index is 11.9. The summed E-state index contributed by atoms with van der Waals surface area (Å²) in [7, 11) is 6.31. The van der Waals surface area contributed by atoms with E-state index in [0.717, 1.165) is 33.3 Å². The molecule has 0 aliphatic carbocycles. The second-order valence-corrected chi connectivity index (χ2v) is 13.5. The molecule has 4 atom stereocenters. The molecule has 1 aromatic rings. The molecule has 4 nitrogen and oxygen atoms in total. The second kappa shape index (κ2) is 7.35. The third-order valence-electron chi connectivity index (χ3n) is 2.98. The Labute approximate surface area is 121 Å². The lowest BCUT2D eigenvalue weighted by Gasteiger charge is -2.21. The number of nitrogens with one attached hydrogen (secondary N) is 1. The van der Waals surface area contributed by atoms with E-state index >= 15 is 0 Å². The van der Waals surface area contributed by atoms with Gasteiger partial charge in [-0.05, 0) is 31.6 Å². The van der Waals surface area contributed by atoms with Crippen LogP contribution in [0.5, 0.6) is 0 Å². The maximum absolute atomic E-state index is 11.9. The molecule has 104 valence electrons. The highest BCUT2D eigenvalue weighted by Gasteiger charge is 2.23. The number of aromatic nitrogens is 1. The molecule has 1 aliphatic rings. The van der Waals surface area contributed by atoms with Gasteiger partial charge in [-0.2, -0.15) is 0 Å². The minimum atomic E-state index is -0.253. The fourth-order valence-electron chi connectivity index (χ4n) is 2.17. The average molecular weight is 333 g/mol. The zero-order valence-corrected chi connectivity index (χ0v) is 15.1. The van der Waals surface area contributed by atoms with E-state index in [9.17, 15) is 4.79 Å². The molecule has 0 aromatic carbocycles. The lowest BCUT2D eigenvalue weighted by Crippen LogP contribution is -2.30. The highest BCUT2D eigenvalue weighted by atomic mass is 32.6. The molecule has 1 aliphatic heterocycles. The van der Waals surface area contributed by atoms with Gasteiger partial charge in [-0.3, -0.25) is 9.69 Å². The molecule has 1 aromatic heterocycles. The standard InChI is InChI=1S/C11H19N3OP4/c1-2-5-14-6-8-9(19(17)18-16)3-4-12-11(8)13-10(15)7-14/h3-4,18H,2,5-7,16-17H2,1H3,(H,12,13,15). The summed E-state index contributed by atoms with van der Waals surface area (Å²) in [5.41, 5.74) is 1.19. The number of hydrogen-bond acceptors (Lipinski definition) is 3. The molecule has 0 saturated heterocycles. The lowest BCUT2D eigenvalue weighted by atomic mass is 10.2. The van der Waals surface area contributed by atoms with E-state index in [0.29, 0.717) is 6.54 Å². The number of carbonyl (C=O) groups excluding carboxylic acids is 1. The quantitative estimate of drug-likeness (QED) is 0.862. The third-order valence-corrected chi connectivity index (χ3v) is 13.1. The van der Waals surface area contributed by atoms with Gasteiger partial charge in [0, 0.05) is 18.3 Å². The van der Waals surface area contributed by atoms with Gasteiger partial charge < -0.3 is 5.32 Å². The van der Waals surface area contributed by atoms with Crippen LogP contribution in [0.3, 0.4) is 0 Å². The SMILES string of the molecule is CCCN1CC(=O)Nc2nccc(P(P)PP)c2C1. The van der Waals surface area contributed by atoms with Gasteiger partial charge in [0.2, 0.25) is 5.91 Å². The average Bonchev–Trinajstić information content (AvgIpc) is 2.55. The van der Waals surface area contributed by atoms with Crippen molar-refractivity contribution in [2.45, 2.75) is 19.9 Å². The summed E-state index contributed by atoms with van der Waals surface area (Å²) in [6, 6.07) is 2.09. The van der Waals surface area contributed by atoms with Crippen molar-refractivity contribution in [3.05, 3.63) is 17.8 Å². The summed E-state index contributed by atoms with van der Waals surface area (Å²) in [5, 5.41) is 4.27. The van der Waals surface area contributed by atoms with Crippen LogP contribution in [-0.4, -0.2) is 28.9 Å². The van der Waals surface area contributed by atoms with E-state index in [4.69, 9.17) is 0 Å². The van der Waals surface area contributed by atoms with Crippen LogP contribution in [0.25, 0.3) is 0 Å². The highest BCUT2D eigenvalue weighted by molar-refractivity contribution is 8.63. The van der Waals surface area contributed by atoms with Crippen LogP contribution >= 0.6 is 33.1 Å². The van der Waals surface area contributed by atoms with Gasteiger partial charge in [0.1, 0.15) is 5.82 Å². The van der Waals surface area contributed by atoms with Gasteiger partial charge in [0.05, 0.1) is 6.54 Å². The normalized spacial score (nSPS) is 18.2. The van der Waals surface area contributed by atoms with E-state index < -0.39 is 0 Å². The fraction of sp³-hybridized carbons (Fsp3) is 0.455. The first-order chi connectivity index (χ1) is 9.15. The van der Waals surface area contributed by atoms with Crippen molar-refractivity contribution in [2.75, 3.05) is 18.4 Å². The minimum Gasteiger partial charge on any atom is -0.309 e. The van der Waals surface area contributed by atoms with Gasteiger partial charge in [-0.15, -0.1) is 17.9 Å². The van der Waals surface area contributed by atoms with Gasteiger partial charge in [-0.25, -0.2) is 4.98 Å². The molecule has 1 N–H and O–H groups in total. The molecule has 2 heterocycles. The topological polar surface area (TPSA) is 45.2 Å². The predicted octanol–water partition coefficient (Wildman–Crippen LogP) is 2.53. The fourth-order valence-corrected chi connectivity index (χ4v) is 6.03. The molecule has 4 unspecified atom stereocenters. The molecule has 2 rings (SSSR count). The Bertz CT molecular complexity index is 471. The Balaban J connectivity index is 2.38. The number of anilines is 1. The first-order valence-corrected chi connectivity index (χ1v) is 12.8. The van der Waals surface area contributed by atoms with Crippen LogP contribution in [-0.2, 0) is 11.3 Å². The lowest BCUT2D eigenvalue weighted by molar-refractivity contribution is -0.117. The summed E-state index contributed by atoms with van der Waals surface area (Å²) < 4.78 is 0. The van der Waals surface area contributed by atoms with E-state index in [-0.39, 0.29) is 13.2 Å². The van der Waals surface area contributed by atoms with E-state index in [2.05, 4.69) is 46.0 Å². The van der Waals surface area contributed by atoms with Crippen molar-refractivity contribution in [2.24, 2.45) is 0 Å². The molecule has 0 bridgehead atoms. The van der Waals surface area contributed by atoms with Crippen molar-refractivity contribution in [3.8, 4) is 0 Å². The van der Waals surface area contributed by atoms with Crippen LogP contribution < -0.4 is 10.6 Å². The number of carbonyl (C=O) groups is 1. The summed E-state index contributed by atoms with van der Waals surface area (Å²) >= 11 is 0. The first kappa shape index (κ1) is 15.7. The van der Waals surface area contributed by atoms with Gasteiger partial charge in [0.25, 0.3) is 0 Å². The Hall–Kier alpha value is 0.300. The second-order valence-electron chi connectivity index (χ2n) is 4.42. The summed E-state index contributed by atoms with van der Waals surface area (Å²) in [4.78, 5) is 18.4. The summed E-state index contributed by atoms with van der Waals surface area (Å²) in [6.45, 7) is 4.36. The van der Waals surface area contributed by atoms with E-state index in [1.54, 1.807) is 6.20 Å². The van der Waals surface area contributed by atoms with Gasteiger partial charge >= 0.3 is 0 Å². The Morgan fingerprint density at radius 2 is 2.37 bits per heavy atom. The van der Waals surface area contributed by atoms with E-state index in [1.165, 1.54) is 10.9 Å². The number of hydrogen-bond donors (Lipinski definition) is 1. The molecular formula is C11H19N3OP4. The molecule has 1 amide bonds. The number of rotatable bonds is 4. The van der Waals surface area contributed by atoms with Crippen molar-refractivity contribution >= 4 is 50.1 Å². The molecule has 8 heteroatoms. The van der Waals surface area contributed by atoms with Crippen molar-refractivity contribution in [3.63, 3.8) is 0 Å². The van der Waals surface area contributed by atoms with Crippen molar-refractivity contribution in [1.29, 1.82) is 0 Å². The molecule has 0 fully saturated rings. The molecule has 0 spiro atoms. The van der Waals surface area contributed by atoms with Gasteiger partial charge in [-0.1, -0.05) is 14.9 Å². The molecule has 0 saturated carbocycles. The van der Waals surface area contributed by atoms with Crippen LogP contribution in [0.4, 0.5) is 5.82 Å². The third kappa shape index (κ3) is 3.90. The van der Waals surface area contributed by atoms with Crippen molar-refractivity contribution < 1.29 is 4.79 Å². The Kier molecular flexibility index (Phi) is 6.07. The smallest absolute Gasteiger partial charge is 0.239 e. The number of amides is 1. The number of fused-ring (bicyclic) bond motifs is 1. The van der Waals surface area contributed by atoms with Crippen LogP contribution in [0, 0.1) is 0 Å². The maximum Gasteiger partial charge on any atom is 0.239 e. The van der Waals surface area contributed by atoms with Crippen LogP contribution in [0.2, 0.25) is 0 Å². The zero-order chi connectivity index (χ0) is 13.8. The molecular weight excluding hydrogens is 314 g/mol. The number of pyridine rings is 1. The van der Waals surface area contributed by atoms with Gasteiger partial charge in [0.15, 0.2) is 0 Å². The minimum absolute atomic E-state index is 0.0401. The summed E-state index contributed by atoms with van der Waals surface area (Å²) in [6.07, 6.45) is 2.85. The van der Waals surface area contributed by atoms with E-state index in [1.807, 2.05) is 0 Å². The monoisotopic (exact) mass is 333 g/mol. The van der Waals surface area contributed by atoms with Crippen LogP contribution in [0.1, 0.15) is 18.9 Å². The van der Waals surface area contributed by atoms with Crippen LogP contribution in [0.15, 0.2) is 12.3 Å². The molecule has 0 radical (unpaired) electrons. The largest absolute Gasteiger partial charge is 0.309 e. The summed E-state index contributed by atoms with van der Waals surface area (Å²) in [5.74, 6) is 0.789. The number of nitrogens with zero attached hydrogens (tertiary/aromatic N) is 2.